The molecule has 1 amide bonds. The summed E-state index contributed by atoms with van der Waals surface area (Å²) >= 11 is 0. The van der Waals surface area contributed by atoms with Crippen molar-refractivity contribution >= 4 is 11.9 Å². The van der Waals surface area contributed by atoms with Gasteiger partial charge in [0.15, 0.2) is 0 Å². The number of carbonyl (C=O) groups is 2. The van der Waals surface area contributed by atoms with Gasteiger partial charge in [0.05, 0.1) is 6.61 Å². The van der Waals surface area contributed by atoms with Crippen LogP contribution < -0.4 is 10.1 Å². The summed E-state index contributed by atoms with van der Waals surface area (Å²) in [6.45, 7) is 6.53. The molecule has 0 heterocycles. The molecule has 5 nitrogen and oxygen atoms in total. The average Bonchev–Trinajstić information content (AvgIpc) is 2.44. The van der Waals surface area contributed by atoms with Gasteiger partial charge in [0.1, 0.15) is 11.8 Å². The number of hydrogen-bond donors (Lipinski definition) is 2. The SMILES string of the molecule is CCC[C@H](NC(=O)c1cccc(OCC(C)C)c1)C(=O)O. The van der Waals surface area contributed by atoms with Crippen LogP contribution in [-0.2, 0) is 4.79 Å². The molecule has 0 aromatic heterocycles. The van der Waals surface area contributed by atoms with Crippen LogP contribution in [0.15, 0.2) is 24.3 Å². The van der Waals surface area contributed by atoms with Gasteiger partial charge >= 0.3 is 5.97 Å². The molecule has 0 saturated heterocycles. The summed E-state index contributed by atoms with van der Waals surface area (Å²) in [5.74, 6) is -0.412. The largest absolute Gasteiger partial charge is 0.493 e. The minimum absolute atomic E-state index is 0.392. The van der Waals surface area contributed by atoms with E-state index in [0.29, 0.717) is 36.7 Å². The number of nitrogens with one attached hydrogen (secondary N) is 1. The first-order valence-corrected chi connectivity index (χ1v) is 7.20. The maximum atomic E-state index is 12.1. The molecule has 0 aliphatic rings. The van der Waals surface area contributed by atoms with Gasteiger partial charge in [-0.15, -0.1) is 0 Å². The van der Waals surface area contributed by atoms with E-state index in [2.05, 4.69) is 5.32 Å². The predicted molar refractivity (Wildman–Crippen MR) is 80.6 cm³/mol. The van der Waals surface area contributed by atoms with Crippen molar-refractivity contribution in [3.05, 3.63) is 29.8 Å². The number of carboxylic acid groups (broad SMARTS) is 1. The highest BCUT2D eigenvalue weighted by Crippen LogP contribution is 2.14. The molecule has 2 N–H and O–H groups in total. The van der Waals surface area contributed by atoms with Crippen molar-refractivity contribution in [2.45, 2.75) is 39.7 Å². The van der Waals surface area contributed by atoms with Gasteiger partial charge in [-0.25, -0.2) is 4.79 Å². The van der Waals surface area contributed by atoms with Crippen molar-refractivity contribution in [3.8, 4) is 5.75 Å². The van der Waals surface area contributed by atoms with Crippen LogP contribution >= 0.6 is 0 Å². The van der Waals surface area contributed by atoms with Gasteiger partial charge < -0.3 is 15.2 Å². The summed E-state index contributed by atoms with van der Waals surface area (Å²) in [7, 11) is 0. The monoisotopic (exact) mass is 293 g/mol. The molecule has 0 spiro atoms. The molecule has 1 atom stereocenters. The van der Waals surface area contributed by atoms with Crippen molar-refractivity contribution in [1.82, 2.24) is 5.32 Å². The molecule has 0 radical (unpaired) electrons. The van der Waals surface area contributed by atoms with Crippen LogP contribution in [0.1, 0.15) is 44.0 Å². The molecule has 1 aromatic carbocycles. The maximum Gasteiger partial charge on any atom is 0.326 e. The maximum absolute atomic E-state index is 12.1. The number of hydrogen-bond acceptors (Lipinski definition) is 3. The third-order valence-electron chi connectivity index (χ3n) is 2.86. The highest BCUT2D eigenvalue weighted by Gasteiger charge is 2.19. The molecule has 0 saturated carbocycles. The smallest absolute Gasteiger partial charge is 0.326 e. The number of rotatable bonds is 8. The lowest BCUT2D eigenvalue weighted by molar-refractivity contribution is -0.139. The van der Waals surface area contributed by atoms with Crippen molar-refractivity contribution in [2.24, 2.45) is 5.92 Å². The predicted octanol–water partition coefficient (Wildman–Crippen LogP) is 2.70. The summed E-state index contributed by atoms with van der Waals surface area (Å²) in [5, 5.41) is 11.6. The Morgan fingerprint density at radius 3 is 2.62 bits per heavy atom. The molecule has 5 heteroatoms. The topological polar surface area (TPSA) is 75.6 Å². The summed E-state index contributed by atoms with van der Waals surface area (Å²) in [5.41, 5.74) is 0.401. The van der Waals surface area contributed by atoms with Gasteiger partial charge in [0, 0.05) is 5.56 Å². The lowest BCUT2D eigenvalue weighted by Gasteiger charge is -2.14. The zero-order valence-corrected chi connectivity index (χ0v) is 12.8. The summed E-state index contributed by atoms with van der Waals surface area (Å²) in [6.07, 6.45) is 1.10. The van der Waals surface area contributed by atoms with E-state index in [-0.39, 0.29) is 0 Å². The molecule has 1 rings (SSSR count). The molecule has 116 valence electrons. The zero-order valence-electron chi connectivity index (χ0n) is 12.8. The molecule has 0 fully saturated rings. The van der Waals surface area contributed by atoms with Gasteiger partial charge in [0.25, 0.3) is 5.91 Å². The van der Waals surface area contributed by atoms with Crippen LogP contribution in [-0.4, -0.2) is 29.6 Å². The Hall–Kier alpha value is -2.04. The van der Waals surface area contributed by atoms with Gasteiger partial charge in [-0.1, -0.05) is 33.3 Å². The van der Waals surface area contributed by atoms with Crippen LogP contribution in [0, 0.1) is 5.92 Å². The fourth-order valence-corrected chi connectivity index (χ4v) is 1.78. The van der Waals surface area contributed by atoms with Gasteiger partial charge in [-0.05, 0) is 30.5 Å². The lowest BCUT2D eigenvalue weighted by atomic mass is 10.1. The van der Waals surface area contributed by atoms with Gasteiger partial charge in [-0.3, -0.25) is 4.79 Å². The van der Waals surface area contributed by atoms with E-state index >= 15 is 0 Å². The Bertz CT molecular complexity index is 485. The summed E-state index contributed by atoms with van der Waals surface area (Å²) < 4.78 is 5.56. The van der Waals surface area contributed by atoms with Gasteiger partial charge in [-0.2, -0.15) is 0 Å². The molecule has 0 aliphatic heterocycles. The van der Waals surface area contributed by atoms with Crippen molar-refractivity contribution < 1.29 is 19.4 Å². The van der Waals surface area contributed by atoms with Crippen molar-refractivity contribution in [3.63, 3.8) is 0 Å². The van der Waals surface area contributed by atoms with E-state index in [1.165, 1.54) is 0 Å². The first-order chi connectivity index (χ1) is 9.93. The molecule has 21 heavy (non-hydrogen) atoms. The molecule has 1 aromatic rings. The Balaban J connectivity index is 2.73. The number of ether oxygens (including phenoxy) is 1. The van der Waals surface area contributed by atoms with E-state index in [4.69, 9.17) is 9.84 Å². The molecule has 0 unspecified atom stereocenters. The van der Waals surface area contributed by atoms with Crippen molar-refractivity contribution in [1.29, 1.82) is 0 Å². The highest BCUT2D eigenvalue weighted by atomic mass is 16.5. The van der Waals surface area contributed by atoms with E-state index in [9.17, 15) is 9.59 Å². The van der Waals surface area contributed by atoms with E-state index in [1.54, 1.807) is 24.3 Å². The Morgan fingerprint density at radius 1 is 1.33 bits per heavy atom. The minimum atomic E-state index is -1.02. The second kappa shape index (κ2) is 8.29. The van der Waals surface area contributed by atoms with E-state index in [1.807, 2.05) is 20.8 Å². The zero-order chi connectivity index (χ0) is 15.8. The average molecular weight is 293 g/mol. The first-order valence-electron chi connectivity index (χ1n) is 7.20. The molecule has 0 aliphatic carbocycles. The Labute approximate surface area is 125 Å². The molecular weight excluding hydrogens is 270 g/mol. The Morgan fingerprint density at radius 2 is 2.05 bits per heavy atom. The number of carboxylic acids is 1. The van der Waals surface area contributed by atoms with Crippen LogP contribution in [0.5, 0.6) is 5.75 Å². The third kappa shape index (κ3) is 5.85. The van der Waals surface area contributed by atoms with Crippen LogP contribution in [0.4, 0.5) is 0 Å². The normalized spacial score (nSPS) is 12.0. The second-order valence-corrected chi connectivity index (χ2v) is 5.39. The highest BCUT2D eigenvalue weighted by molar-refractivity contribution is 5.96. The van der Waals surface area contributed by atoms with E-state index < -0.39 is 17.9 Å². The lowest BCUT2D eigenvalue weighted by Crippen LogP contribution is -2.40. The standard InChI is InChI=1S/C16H23NO4/c1-4-6-14(16(19)20)17-15(18)12-7-5-8-13(9-12)21-10-11(2)3/h5,7-9,11,14H,4,6,10H2,1-3H3,(H,17,18)(H,19,20)/t14-/m0/s1. The quantitative estimate of drug-likeness (QED) is 0.772. The van der Waals surface area contributed by atoms with Gasteiger partial charge in [0.2, 0.25) is 0 Å². The third-order valence-corrected chi connectivity index (χ3v) is 2.86. The van der Waals surface area contributed by atoms with Crippen LogP contribution in [0.2, 0.25) is 0 Å². The Kier molecular flexibility index (Phi) is 6.72. The minimum Gasteiger partial charge on any atom is -0.493 e. The number of carbonyl (C=O) groups excluding carboxylic acids is 1. The van der Waals surface area contributed by atoms with Crippen LogP contribution in [0.3, 0.4) is 0 Å². The first kappa shape index (κ1) is 17.0. The summed E-state index contributed by atoms with van der Waals surface area (Å²) in [6, 6.07) is 5.91. The summed E-state index contributed by atoms with van der Waals surface area (Å²) in [4.78, 5) is 23.2. The second-order valence-electron chi connectivity index (χ2n) is 5.39. The van der Waals surface area contributed by atoms with E-state index in [0.717, 1.165) is 0 Å². The fraction of sp³-hybridized carbons (Fsp3) is 0.500. The van der Waals surface area contributed by atoms with Crippen LogP contribution in [0.25, 0.3) is 0 Å². The number of benzene rings is 1. The number of amides is 1. The molecule has 0 bridgehead atoms. The fourth-order valence-electron chi connectivity index (χ4n) is 1.78. The molecular formula is C16H23NO4. The number of aliphatic carboxylic acids is 1. The van der Waals surface area contributed by atoms with Crippen molar-refractivity contribution in [2.75, 3.05) is 6.61 Å².